The molecule has 2 heterocycles. The van der Waals surface area contributed by atoms with Crippen molar-refractivity contribution in [1.82, 2.24) is 15.3 Å². The standard InChI is InChI=1S/C23H25N5O4S/c1-17-14-25-20(15-24-17)16-26-23(29)18-2-8-22(9-3-18)33(30,31)27-19-4-6-21(7-5-19)28-10-12-32-13-11-28/h2-9,14-15,27H,10-13,16H2,1H3,(H,26,29). The van der Waals surface area contributed by atoms with Crippen LogP contribution in [0.25, 0.3) is 0 Å². The molecule has 172 valence electrons. The van der Waals surface area contributed by atoms with Crippen LogP contribution < -0.4 is 14.9 Å². The number of anilines is 2. The lowest BCUT2D eigenvalue weighted by molar-refractivity contribution is 0.0950. The number of aromatic nitrogens is 2. The quantitative estimate of drug-likeness (QED) is 0.548. The highest BCUT2D eigenvalue weighted by molar-refractivity contribution is 7.92. The summed E-state index contributed by atoms with van der Waals surface area (Å²) in [4.78, 5) is 23.0. The van der Waals surface area contributed by atoms with Gasteiger partial charge in [0.25, 0.3) is 15.9 Å². The van der Waals surface area contributed by atoms with Gasteiger partial charge in [0.15, 0.2) is 0 Å². The van der Waals surface area contributed by atoms with Gasteiger partial charge in [-0.05, 0) is 55.5 Å². The summed E-state index contributed by atoms with van der Waals surface area (Å²) in [6.07, 6.45) is 3.23. The van der Waals surface area contributed by atoms with Crippen LogP contribution in [0.4, 0.5) is 11.4 Å². The first-order valence-electron chi connectivity index (χ1n) is 10.5. The summed E-state index contributed by atoms with van der Waals surface area (Å²) in [6.45, 7) is 5.05. The molecule has 3 aromatic rings. The number of benzene rings is 2. The monoisotopic (exact) mass is 467 g/mol. The highest BCUT2D eigenvalue weighted by atomic mass is 32.2. The molecular formula is C23H25N5O4S. The number of amides is 1. The molecule has 10 heteroatoms. The van der Waals surface area contributed by atoms with Crippen LogP contribution in [0, 0.1) is 6.92 Å². The second kappa shape index (κ2) is 9.97. The van der Waals surface area contributed by atoms with Gasteiger partial charge in [0.05, 0.1) is 42.2 Å². The van der Waals surface area contributed by atoms with Crippen molar-refractivity contribution in [3.05, 3.63) is 77.9 Å². The number of hydrogen-bond donors (Lipinski definition) is 2. The normalized spacial score (nSPS) is 14.0. The molecule has 1 amide bonds. The molecular weight excluding hydrogens is 442 g/mol. The van der Waals surface area contributed by atoms with Crippen molar-refractivity contribution in [2.75, 3.05) is 35.9 Å². The van der Waals surface area contributed by atoms with Crippen molar-refractivity contribution in [2.24, 2.45) is 0 Å². The Labute approximate surface area is 192 Å². The van der Waals surface area contributed by atoms with Crippen molar-refractivity contribution in [3.63, 3.8) is 0 Å². The molecule has 0 spiro atoms. The SMILES string of the molecule is Cc1cnc(CNC(=O)c2ccc(S(=O)(=O)Nc3ccc(N4CCOCC4)cc3)cc2)cn1. The van der Waals surface area contributed by atoms with Gasteiger partial charge in [0.1, 0.15) is 0 Å². The second-order valence-corrected chi connectivity index (χ2v) is 9.29. The fraction of sp³-hybridized carbons (Fsp3) is 0.261. The Morgan fingerprint density at radius 1 is 1.00 bits per heavy atom. The van der Waals surface area contributed by atoms with E-state index in [0.717, 1.165) is 24.5 Å². The Morgan fingerprint density at radius 2 is 1.70 bits per heavy atom. The topological polar surface area (TPSA) is 114 Å². The number of hydrogen-bond acceptors (Lipinski definition) is 7. The van der Waals surface area contributed by atoms with Crippen molar-refractivity contribution in [1.29, 1.82) is 0 Å². The number of morpholine rings is 1. The predicted octanol–water partition coefficient (Wildman–Crippen LogP) is 2.35. The van der Waals surface area contributed by atoms with Crippen molar-refractivity contribution >= 4 is 27.3 Å². The fourth-order valence-electron chi connectivity index (χ4n) is 3.34. The molecule has 1 aromatic heterocycles. The van der Waals surface area contributed by atoms with Gasteiger partial charge in [0.2, 0.25) is 0 Å². The van der Waals surface area contributed by atoms with E-state index in [1.165, 1.54) is 24.3 Å². The van der Waals surface area contributed by atoms with Crippen LogP contribution in [0.5, 0.6) is 0 Å². The second-order valence-electron chi connectivity index (χ2n) is 7.61. The van der Waals surface area contributed by atoms with Crippen LogP contribution in [0.1, 0.15) is 21.7 Å². The Bertz CT molecular complexity index is 1190. The van der Waals surface area contributed by atoms with Gasteiger partial charge in [-0.3, -0.25) is 19.5 Å². The molecule has 2 aromatic carbocycles. The maximum absolute atomic E-state index is 12.8. The first-order valence-corrected chi connectivity index (χ1v) is 12.0. The fourth-order valence-corrected chi connectivity index (χ4v) is 4.40. The van der Waals surface area contributed by atoms with Crippen molar-refractivity contribution < 1.29 is 17.9 Å². The molecule has 2 N–H and O–H groups in total. The van der Waals surface area contributed by atoms with E-state index < -0.39 is 10.0 Å². The highest BCUT2D eigenvalue weighted by Crippen LogP contribution is 2.21. The van der Waals surface area contributed by atoms with Crippen LogP contribution in [0.3, 0.4) is 0 Å². The molecule has 0 saturated carbocycles. The number of ether oxygens (including phenoxy) is 1. The molecule has 9 nitrogen and oxygen atoms in total. The van der Waals surface area contributed by atoms with Crippen LogP contribution in [-0.4, -0.2) is 50.6 Å². The van der Waals surface area contributed by atoms with Gasteiger partial charge in [0, 0.05) is 36.2 Å². The maximum Gasteiger partial charge on any atom is 0.261 e. The molecule has 0 bridgehead atoms. The molecule has 4 rings (SSSR count). The minimum absolute atomic E-state index is 0.0701. The van der Waals surface area contributed by atoms with Gasteiger partial charge < -0.3 is 15.0 Å². The van der Waals surface area contributed by atoms with E-state index in [0.29, 0.717) is 30.2 Å². The third-order valence-corrected chi connectivity index (χ3v) is 6.58. The molecule has 1 aliphatic heterocycles. The number of carbonyl (C=O) groups is 1. The van der Waals surface area contributed by atoms with E-state index in [9.17, 15) is 13.2 Å². The molecule has 1 saturated heterocycles. The zero-order valence-electron chi connectivity index (χ0n) is 18.2. The minimum atomic E-state index is -3.79. The third-order valence-electron chi connectivity index (χ3n) is 5.19. The van der Waals surface area contributed by atoms with Gasteiger partial charge in [-0.25, -0.2) is 8.42 Å². The van der Waals surface area contributed by atoms with E-state index in [4.69, 9.17) is 4.74 Å². The number of rotatable bonds is 7. The Kier molecular flexibility index (Phi) is 6.85. The number of sulfonamides is 1. The maximum atomic E-state index is 12.8. The molecule has 0 aliphatic carbocycles. The molecule has 0 atom stereocenters. The Morgan fingerprint density at radius 3 is 2.33 bits per heavy atom. The number of aryl methyl sites for hydroxylation is 1. The summed E-state index contributed by atoms with van der Waals surface area (Å²) >= 11 is 0. The van der Waals surface area contributed by atoms with E-state index in [-0.39, 0.29) is 17.3 Å². The smallest absolute Gasteiger partial charge is 0.261 e. The molecule has 0 radical (unpaired) electrons. The van der Waals surface area contributed by atoms with E-state index in [1.54, 1.807) is 24.5 Å². The summed E-state index contributed by atoms with van der Waals surface area (Å²) < 4.78 is 33.4. The van der Waals surface area contributed by atoms with E-state index >= 15 is 0 Å². The summed E-state index contributed by atoms with van der Waals surface area (Å²) in [5, 5.41) is 2.75. The molecule has 33 heavy (non-hydrogen) atoms. The molecule has 1 fully saturated rings. The van der Waals surface area contributed by atoms with Gasteiger partial charge >= 0.3 is 0 Å². The Hall–Kier alpha value is -3.50. The summed E-state index contributed by atoms with van der Waals surface area (Å²) in [7, 11) is -3.79. The van der Waals surface area contributed by atoms with Crippen LogP contribution >= 0.6 is 0 Å². The molecule has 0 unspecified atom stereocenters. The summed E-state index contributed by atoms with van der Waals surface area (Å²) in [5.41, 5.74) is 3.27. The zero-order chi connectivity index (χ0) is 23.3. The average molecular weight is 468 g/mol. The summed E-state index contributed by atoms with van der Waals surface area (Å²) in [5.74, 6) is -0.326. The first kappa shape index (κ1) is 22.7. The van der Waals surface area contributed by atoms with E-state index in [2.05, 4.69) is 24.9 Å². The van der Waals surface area contributed by atoms with Gasteiger partial charge in [-0.1, -0.05) is 0 Å². The largest absolute Gasteiger partial charge is 0.378 e. The van der Waals surface area contributed by atoms with Crippen LogP contribution in [0.2, 0.25) is 0 Å². The van der Waals surface area contributed by atoms with E-state index in [1.807, 2.05) is 19.1 Å². The predicted molar refractivity (Wildman–Crippen MR) is 125 cm³/mol. The van der Waals surface area contributed by atoms with Gasteiger partial charge in [-0.2, -0.15) is 0 Å². The number of nitrogens with zero attached hydrogens (tertiary/aromatic N) is 3. The summed E-state index contributed by atoms with van der Waals surface area (Å²) in [6, 6.07) is 13.0. The van der Waals surface area contributed by atoms with Gasteiger partial charge in [-0.15, -0.1) is 0 Å². The average Bonchev–Trinajstić information content (AvgIpc) is 2.84. The first-order chi connectivity index (χ1) is 15.9. The number of carbonyl (C=O) groups excluding carboxylic acids is 1. The highest BCUT2D eigenvalue weighted by Gasteiger charge is 2.16. The van der Waals surface area contributed by atoms with Crippen molar-refractivity contribution in [3.8, 4) is 0 Å². The number of nitrogens with one attached hydrogen (secondary N) is 2. The lowest BCUT2D eigenvalue weighted by atomic mass is 10.2. The lowest BCUT2D eigenvalue weighted by Crippen LogP contribution is -2.36. The minimum Gasteiger partial charge on any atom is -0.378 e. The third kappa shape index (κ3) is 5.85. The Balaban J connectivity index is 1.36. The van der Waals surface area contributed by atoms with Crippen LogP contribution in [0.15, 0.2) is 65.8 Å². The zero-order valence-corrected chi connectivity index (χ0v) is 19.0. The molecule has 1 aliphatic rings. The lowest BCUT2D eigenvalue weighted by Gasteiger charge is -2.28. The van der Waals surface area contributed by atoms with Crippen molar-refractivity contribution in [2.45, 2.75) is 18.4 Å². The van der Waals surface area contributed by atoms with Crippen LogP contribution in [-0.2, 0) is 21.3 Å².